The van der Waals surface area contributed by atoms with Crippen molar-refractivity contribution in [1.82, 2.24) is 14.9 Å². The van der Waals surface area contributed by atoms with Crippen LogP contribution in [0.15, 0.2) is 65.5 Å². The van der Waals surface area contributed by atoms with Gasteiger partial charge in [0.2, 0.25) is 0 Å². The van der Waals surface area contributed by atoms with Crippen molar-refractivity contribution in [3.05, 3.63) is 83.4 Å². The van der Waals surface area contributed by atoms with E-state index in [1.54, 1.807) is 18.7 Å². The minimum absolute atomic E-state index is 0.350. The number of fused-ring (bicyclic) bond motifs is 2. The predicted octanol–water partition coefficient (Wildman–Crippen LogP) is 4.78. The van der Waals surface area contributed by atoms with Crippen LogP contribution in [0.2, 0.25) is 0 Å². The molecule has 27 heavy (non-hydrogen) atoms. The molecule has 4 aromatic rings. The van der Waals surface area contributed by atoms with Crippen LogP contribution in [0.1, 0.15) is 28.2 Å². The molecule has 2 aromatic carbocycles. The number of likely N-dealkylation sites (N-methyl/N-ethyl adjacent to an activating group) is 1. The van der Waals surface area contributed by atoms with Crippen LogP contribution in [-0.4, -0.2) is 28.5 Å². The molecule has 5 rings (SSSR count). The normalized spacial score (nSPS) is 17.2. The SMILES string of the molecule is Cc1c(-c2ncccn2)ccc2c1CN(C)CC2c1ccc2occc2c1. The molecule has 0 spiro atoms. The maximum Gasteiger partial charge on any atom is 0.159 e. The Morgan fingerprint density at radius 1 is 1.07 bits per heavy atom. The van der Waals surface area contributed by atoms with Crippen LogP contribution in [0.5, 0.6) is 0 Å². The van der Waals surface area contributed by atoms with E-state index >= 15 is 0 Å². The molecule has 1 atom stereocenters. The number of hydrogen-bond acceptors (Lipinski definition) is 4. The summed E-state index contributed by atoms with van der Waals surface area (Å²) >= 11 is 0. The Morgan fingerprint density at radius 3 is 2.78 bits per heavy atom. The first kappa shape index (κ1) is 16.2. The molecule has 2 aromatic heterocycles. The van der Waals surface area contributed by atoms with Crippen LogP contribution < -0.4 is 0 Å². The van der Waals surface area contributed by atoms with Gasteiger partial charge in [0.1, 0.15) is 5.58 Å². The number of furan rings is 1. The van der Waals surface area contributed by atoms with E-state index in [4.69, 9.17) is 4.42 Å². The molecule has 0 radical (unpaired) electrons. The van der Waals surface area contributed by atoms with Crippen LogP contribution in [0.25, 0.3) is 22.4 Å². The van der Waals surface area contributed by atoms with E-state index in [9.17, 15) is 0 Å². The third-order valence-electron chi connectivity index (χ3n) is 5.62. The van der Waals surface area contributed by atoms with Gasteiger partial charge in [-0.2, -0.15) is 0 Å². The maximum atomic E-state index is 5.51. The van der Waals surface area contributed by atoms with Gasteiger partial charge in [-0.1, -0.05) is 18.2 Å². The Hall–Kier alpha value is -2.98. The first-order valence-corrected chi connectivity index (χ1v) is 9.26. The van der Waals surface area contributed by atoms with Crippen molar-refractivity contribution in [3.63, 3.8) is 0 Å². The average molecular weight is 355 g/mol. The van der Waals surface area contributed by atoms with Gasteiger partial charge in [0.15, 0.2) is 5.82 Å². The second-order valence-electron chi connectivity index (χ2n) is 7.35. The molecule has 4 nitrogen and oxygen atoms in total. The zero-order chi connectivity index (χ0) is 18.4. The Balaban J connectivity index is 1.64. The number of rotatable bonds is 2. The molecular weight excluding hydrogens is 334 g/mol. The quantitative estimate of drug-likeness (QED) is 0.519. The summed E-state index contributed by atoms with van der Waals surface area (Å²) in [5.74, 6) is 1.14. The minimum Gasteiger partial charge on any atom is -0.464 e. The fraction of sp³-hybridized carbons (Fsp3) is 0.217. The van der Waals surface area contributed by atoms with E-state index in [1.807, 2.05) is 12.1 Å². The maximum absolute atomic E-state index is 5.51. The van der Waals surface area contributed by atoms with Crippen LogP contribution in [0, 0.1) is 6.92 Å². The van der Waals surface area contributed by atoms with E-state index in [1.165, 1.54) is 22.3 Å². The molecular formula is C23H21N3O. The van der Waals surface area contributed by atoms with E-state index in [0.29, 0.717) is 5.92 Å². The van der Waals surface area contributed by atoms with Gasteiger partial charge in [-0.05, 0) is 60.5 Å². The topological polar surface area (TPSA) is 42.2 Å². The molecule has 4 heteroatoms. The summed E-state index contributed by atoms with van der Waals surface area (Å²) in [6, 6.07) is 14.9. The number of nitrogens with zero attached hydrogens (tertiary/aromatic N) is 3. The lowest BCUT2D eigenvalue weighted by atomic mass is 9.81. The van der Waals surface area contributed by atoms with Crippen LogP contribution in [0.3, 0.4) is 0 Å². The standard InChI is InChI=1S/C23H21N3O/c1-15-18(23-24-9-3-10-25-23)5-6-19-20(15)13-26(2)14-21(19)16-4-7-22-17(12-16)8-11-27-22/h3-12,21H,13-14H2,1-2H3. The van der Waals surface area contributed by atoms with E-state index in [0.717, 1.165) is 35.4 Å². The monoisotopic (exact) mass is 355 g/mol. The molecule has 0 fully saturated rings. The van der Waals surface area contributed by atoms with Crippen molar-refractivity contribution >= 4 is 11.0 Å². The largest absolute Gasteiger partial charge is 0.464 e. The highest BCUT2D eigenvalue weighted by Crippen LogP contribution is 2.38. The molecule has 0 aliphatic carbocycles. The van der Waals surface area contributed by atoms with Crippen molar-refractivity contribution < 1.29 is 4.42 Å². The van der Waals surface area contributed by atoms with Crippen molar-refractivity contribution in [3.8, 4) is 11.4 Å². The minimum atomic E-state index is 0.350. The summed E-state index contributed by atoms with van der Waals surface area (Å²) in [7, 11) is 2.19. The van der Waals surface area contributed by atoms with Crippen molar-refractivity contribution in [1.29, 1.82) is 0 Å². The van der Waals surface area contributed by atoms with E-state index < -0.39 is 0 Å². The third-order valence-corrected chi connectivity index (χ3v) is 5.62. The first-order chi connectivity index (χ1) is 13.2. The van der Waals surface area contributed by atoms with Gasteiger partial charge in [0, 0.05) is 42.4 Å². The number of benzene rings is 2. The van der Waals surface area contributed by atoms with Gasteiger partial charge < -0.3 is 9.32 Å². The predicted molar refractivity (Wildman–Crippen MR) is 107 cm³/mol. The molecule has 0 saturated heterocycles. The number of hydrogen-bond donors (Lipinski definition) is 0. The second kappa shape index (κ2) is 6.32. The molecule has 1 unspecified atom stereocenters. The van der Waals surface area contributed by atoms with Crippen LogP contribution in [-0.2, 0) is 6.54 Å². The van der Waals surface area contributed by atoms with Gasteiger partial charge in [-0.15, -0.1) is 0 Å². The van der Waals surface area contributed by atoms with E-state index in [-0.39, 0.29) is 0 Å². The van der Waals surface area contributed by atoms with Crippen LogP contribution >= 0.6 is 0 Å². The summed E-state index contributed by atoms with van der Waals surface area (Å²) in [5.41, 5.74) is 7.48. The average Bonchev–Trinajstić information content (AvgIpc) is 3.17. The Labute approximate surface area is 158 Å². The molecule has 0 amide bonds. The van der Waals surface area contributed by atoms with Crippen molar-refractivity contribution in [2.75, 3.05) is 13.6 Å². The van der Waals surface area contributed by atoms with E-state index in [2.05, 4.69) is 59.2 Å². The molecule has 134 valence electrons. The molecule has 1 aliphatic rings. The lowest BCUT2D eigenvalue weighted by Crippen LogP contribution is -2.31. The van der Waals surface area contributed by atoms with Gasteiger partial charge >= 0.3 is 0 Å². The molecule has 0 bridgehead atoms. The third kappa shape index (κ3) is 2.73. The van der Waals surface area contributed by atoms with Crippen molar-refractivity contribution in [2.24, 2.45) is 0 Å². The van der Waals surface area contributed by atoms with Crippen LogP contribution in [0.4, 0.5) is 0 Å². The Bertz CT molecular complexity index is 1120. The fourth-order valence-electron chi connectivity index (χ4n) is 4.23. The van der Waals surface area contributed by atoms with Gasteiger partial charge in [0.05, 0.1) is 6.26 Å². The van der Waals surface area contributed by atoms with Crippen molar-refractivity contribution in [2.45, 2.75) is 19.4 Å². The highest BCUT2D eigenvalue weighted by molar-refractivity contribution is 5.78. The number of aromatic nitrogens is 2. The molecule has 3 heterocycles. The second-order valence-corrected chi connectivity index (χ2v) is 7.35. The summed E-state index contributed by atoms with van der Waals surface area (Å²) in [4.78, 5) is 11.3. The highest BCUT2D eigenvalue weighted by atomic mass is 16.3. The summed E-state index contributed by atoms with van der Waals surface area (Å²) < 4.78 is 5.51. The summed E-state index contributed by atoms with van der Waals surface area (Å²) in [6.07, 6.45) is 5.36. The van der Waals surface area contributed by atoms with Gasteiger partial charge in [-0.3, -0.25) is 0 Å². The summed E-state index contributed by atoms with van der Waals surface area (Å²) in [5, 5.41) is 1.16. The smallest absolute Gasteiger partial charge is 0.159 e. The fourth-order valence-corrected chi connectivity index (χ4v) is 4.23. The first-order valence-electron chi connectivity index (χ1n) is 9.26. The van der Waals surface area contributed by atoms with Gasteiger partial charge in [-0.25, -0.2) is 9.97 Å². The molecule has 0 saturated carbocycles. The zero-order valence-electron chi connectivity index (χ0n) is 15.5. The molecule has 0 N–H and O–H groups in total. The lowest BCUT2D eigenvalue weighted by molar-refractivity contribution is 0.294. The summed E-state index contributed by atoms with van der Waals surface area (Å²) in [6.45, 7) is 4.16. The Morgan fingerprint density at radius 2 is 1.93 bits per heavy atom. The lowest BCUT2D eigenvalue weighted by Gasteiger charge is -2.34. The van der Waals surface area contributed by atoms with Gasteiger partial charge in [0.25, 0.3) is 0 Å². The highest BCUT2D eigenvalue weighted by Gasteiger charge is 2.27. The molecule has 1 aliphatic heterocycles. The Kier molecular flexibility index (Phi) is 3.80. The zero-order valence-corrected chi connectivity index (χ0v) is 15.5.